The molecule has 2 fully saturated rings. The standard InChI is InChI=1S/C21H20O12.C21H20O10/c22-6-12(27)19-16(29)17(30)21(32-19)33-20-15(28)14-11(26)4-8(23)5-13(14)31-18(20)7-1-2-9(24)10(25)3-7;22-7-15-18(26)19(27)20(28)21(31-15)30-11-5-13(24)16-14(6-11)29-8-12(17(16)25)9-1-3-10(23)4-2-9/h1-5,12,16-17,19,21-27,29-30H,6H2;1-6,8,15,18-24,26-28H,7H2/t12-,16-,17-,19-,21+;15-,18-,19+,20-,21-/m11/s1. The van der Waals surface area contributed by atoms with Crippen LogP contribution in [0.3, 0.4) is 0 Å². The molecule has 0 aliphatic carbocycles. The van der Waals surface area contributed by atoms with Crippen molar-refractivity contribution in [1.29, 1.82) is 0 Å². The Kier molecular flexibility index (Phi) is 12.9. The van der Waals surface area contributed by atoms with Gasteiger partial charge in [0.1, 0.15) is 106 Å². The van der Waals surface area contributed by atoms with Crippen LogP contribution in [0.2, 0.25) is 0 Å². The van der Waals surface area contributed by atoms with Crippen molar-refractivity contribution < 1.29 is 99.3 Å². The van der Waals surface area contributed by atoms with Gasteiger partial charge in [0.05, 0.1) is 18.8 Å². The summed E-state index contributed by atoms with van der Waals surface area (Å²) in [6.45, 7) is -1.41. The van der Waals surface area contributed by atoms with Crippen molar-refractivity contribution in [3.63, 3.8) is 0 Å². The van der Waals surface area contributed by atoms with Crippen molar-refractivity contribution >= 4 is 21.9 Å². The number of aliphatic hydroxyl groups is 8. The van der Waals surface area contributed by atoms with Crippen molar-refractivity contribution in [1.82, 2.24) is 0 Å². The second kappa shape index (κ2) is 18.2. The minimum absolute atomic E-state index is 0.00730. The van der Waals surface area contributed by atoms with Crippen LogP contribution in [0.25, 0.3) is 44.4 Å². The van der Waals surface area contributed by atoms with E-state index in [0.29, 0.717) is 5.56 Å². The highest BCUT2D eigenvalue weighted by Gasteiger charge is 2.48. The van der Waals surface area contributed by atoms with Crippen LogP contribution in [0, 0.1) is 0 Å². The summed E-state index contributed by atoms with van der Waals surface area (Å²) in [7, 11) is 0. The van der Waals surface area contributed by atoms with Crippen LogP contribution < -0.4 is 20.3 Å². The van der Waals surface area contributed by atoms with Crippen LogP contribution in [0.4, 0.5) is 0 Å². The molecule has 2 aliphatic rings. The predicted molar refractivity (Wildman–Crippen MR) is 215 cm³/mol. The molecule has 10 atom stereocenters. The number of hydrogen-bond acceptors (Lipinski definition) is 22. The molecule has 14 N–H and O–H groups in total. The molecule has 8 rings (SSSR count). The Bertz CT molecular complexity index is 2770. The van der Waals surface area contributed by atoms with Crippen molar-refractivity contribution in [2.45, 2.75) is 61.4 Å². The number of ether oxygens (including phenoxy) is 4. The van der Waals surface area contributed by atoms with Crippen molar-refractivity contribution in [2.75, 3.05) is 13.2 Å². The predicted octanol–water partition coefficient (Wildman–Crippen LogP) is -0.489. The third kappa shape index (κ3) is 8.65. The van der Waals surface area contributed by atoms with E-state index in [0.717, 1.165) is 30.3 Å². The minimum atomic E-state index is -1.75. The van der Waals surface area contributed by atoms with Crippen LogP contribution in [-0.2, 0) is 9.47 Å². The van der Waals surface area contributed by atoms with E-state index in [1.807, 2.05) is 0 Å². The van der Waals surface area contributed by atoms with E-state index in [2.05, 4.69) is 0 Å². The maximum Gasteiger partial charge on any atom is 0.239 e. The van der Waals surface area contributed by atoms with Crippen molar-refractivity contribution in [2.24, 2.45) is 0 Å². The summed E-state index contributed by atoms with van der Waals surface area (Å²) in [6, 6.07) is 13.7. The largest absolute Gasteiger partial charge is 0.508 e. The zero-order chi connectivity index (χ0) is 46.3. The van der Waals surface area contributed by atoms with E-state index in [4.69, 9.17) is 32.9 Å². The summed E-state index contributed by atoms with van der Waals surface area (Å²) in [5, 5.41) is 137. The fraction of sp³-hybridized carbons (Fsp3) is 0.286. The molecule has 340 valence electrons. The number of rotatable bonds is 9. The lowest BCUT2D eigenvalue weighted by Gasteiger charge is -2.39. The van der Waals surface area contributed by atoms with Gasteiger partial charge in [0.2, 0.25) is 29.2 Å². The zero-order valence-electron chi connectivity index (χ0n) is 32.6. The van der Waals surface area contributed by atoms with Crippen LogP contribution in [0.1, 0.15) is 0 Å². The summed E-state index contributed by atoms with van der Waals surface area (Å²) in [5.74, 6) is -3.46. The van der Waals surface area contributed by atoms with Gasteiger partial charge < -0.3 is 99.3 Å². The molecular weight excluding hydrogens is 856 g/mol. The molecule has 2 saturated heterocycles. The van der Waals surface area contributed by atoms with Gasteiger partial charge in [0.15, 0.2) is 17.3 Å². The molecule has 4 aromatic carbocycles. The van der Waals surface area contributed by atoms with Gasteiger partial charge in [0, 0.05) is 29.8 Å². The average molecular weight is 897 g/mol. The van der Waals surface area contributed by atoms with E-state index >= 15 is 0 Å². The number of benzene rings is 4. The first-order valence-electron chi connectivity index (χ1n) is 19.0. The number of aromatic hydroxyl groups is 6. The number of phenolic OH excluding ortho intramolecular Hbond substituents is 6. The highest BCUT2D eigenvalue weighted by atomic mass is 16.7. The fourth-order valence-corrected chi connectivity index (χ4v) is 6.95. The molecule has 0 radical (unpaired) electrons. The lowest BCUT2D eigenvalue weighted by molar-refractivity contribution is -0.277. The van der Waals surface area contributed by atoms with Crippen molar-refractivity contribution in [3.05, 3.63) is 93.4 Å². The topological polar surface area (TPSA) is 381 Å². The first-order chi connectivity index (χ1) is 30.4. The third-order valence-electron chi connectivity index (χ3n) is 10.3. The number of aliphatic hydroxyl groups excluding tert-OH is 8. The molecule has 22 heteroatoms. The van der Waals surface area contributed by atoms with Gasteiger partial charge in [0.25, 0.3) is 0 Å². The molecule has 0 spiro atoms. The molecule has 0 saturated carbocycles. The Balaban J connectivity index is 0.000000192. The molecule has 0 bridgehead atoms. The summed E-state index contributed by atoms with van der Waals surface area (Å²) < 4.78 is 32.7. The fourth-order valence-electron chi connectivity index (χ4n) is 6.95. The number of hydrogen-bond donors (Lipinski definition) is 14. The lowest BCUT2D eigenvalue weighted by Crippen LogP contribution is -2.60. The maximum atomic E-state index is 13.2. The maximum absolute atomic E-state index is 13.2. The highest BCUT2D eigenvalue weighted by molar-refractivity contribution is 5.89. The second-order valence-electron chi connectivity index (χ2n) is 14.6. The lowest BCUT2D eigenvalue weighted by atomic mass is 9.99. The summed E-state index contributed by atoms with van der Waals surface area (Å²) >= 11 is 0. The molecule has 2 aromatic heterocycles. The molecule has 0 unspecified atom stereocenters. The van der Waals surface area contributed by atoms with E-state index < -0.39 is 120 Å². The SMILES string of the molecule is O=c1c(-c2ccc(O)cc2)coc2cc(O[C@@H]3O[C@H](CO)[C@@H](O)[C@H](O)[C@H]3O)cc(O)c12.O=c1c(O[C@@H]2O[C@H]([C@H](O)CO)[C@H](O)[C@H]2O)c(-c2ccc(O)c(O)c2)oc2cc(O)cc(O)c12. The molecule has 2 aliphatic heterocycles. The first-order valence-corrected chi connectivity index (χ1v) is 19.0. The van der Waals surface area contributed by atoms with Gasteiger partial charge in [-0.1, -0.05) is 12.1 Å². The van der Waals surface area contributed by atoms with E-state index in [-0.39, 0.29) is 50.3 Å². The molecule has 4 heterocycles. The van der Waals surface area contributed by atoms with Crippen molar-refractivity contribution in [3.8, 4) is 68.4 Å². The van der Waals surface area contributed by atoms with Gasteiger partial charge in [-0.2, -0.15) is 0 Å². The van der Waals surface area contributed by atoms with Gasteiger partial charge in [-0.3, -0.25) is 9.59 Å². The van der Waals surface area contributed by atoms with E-state index in [9.17, 15) is 76.0 Å². The van der Waals surface area contributed by atoms with Gasteiger partial charge in [-0.15, -0.1) is 0 Å². The highest BCUT2D eigenvalue weighted by Crippen LogP contribution is 2.40. The van der Waals surface area contributed by atoms with Crippen LogP contribution in [0.15, 0.2) is 91.4 Å². The van der Waals surface area contributed by atoms with Crippen LogP contribution in [0.5, 0.6) is 46.0 Å². The molecule has 64 heavy (non-hydrogen) atoms. The van der Waals surface area contributed by atoms with E-state index in [1.54, 1.807) is 0 Å². The summed E-state index contributed by atoms with van der Waals surface area (Å²) in [6.07, 6.45) is -14.3. The smallest absolute Gasteiger partial charge is 0.239 e. The monoisotopic (exact) mass is 896 g/mol. The Morgan fingerprint density at radius 1 is 0.594 bits per heavy atom. The summed E-state index contributed by atoms with van der Waals surface area (Å²) in [4.78, 5) is 26.1. The van der Waals surface area contributed by atoms with Crippen LogP contribution in [-0.4, -0.2) is 146 Å². The normalized spacial score (nSPS) is 24.8. The Labute approximate surface area is 357 Å². The van der Waals surface area contributed by atoms with E-state index in [1.165, 1.54) is 42.7 Å². The van der Waals surface area contributed by atoms with Gasteiger partial charge in [-0.25, -0.2) is 0 Å². The Hall–Kier alpha value is -6.70. The summed E-state index contributed by atoms with van der Waals surface area (Å²) in [5.41, 5.74) is -1.03. The quantitative estimate of drug-likeness (QED) is 0.0814. The first kappa shape index (κ1) is 45.3. The number of fused-ring (bicyclic) bond motifs is 2. The third-order valence-corrected chi connectivity index (χ3v) is 10.3. The molecule has 22 nitrogen and oxygen atoms in total. The molecular formula is C42H40O22. The minimum Gasteiger partial charge on any atom is -0.508 e. The average Bonchev–Trinajstić information content (AvgIpc) is 3.54. The Morgan fingerprint density at radius 3 is 1.91 bits per heavy atom. The molecule has 0 amide bonds. The molecule has 6 aromatic rings. The van der Waals surface area contributed by atoms with Gasteiger partial charge >= 0.3 is 0 Å². The Morgan fingerprint density at radius 2 is 1.23 bits per heavy atom. The van der Waals surface area contributed by atoms with Gasteiger partial charge in [-0.05, 0) is 35.9 Å². The van der Waals surface area contributed by atoms with Crippen LogP contribution >= 0.6 is 0 Å². The number of phenols is 6. The zero-order valence-corrected chi connectivity index (χ0v) is 32.6. The second-order valence-corrected chi connectivity index (χ2v) is 14.6.